The lowest BCUT2D eigenvalue weighted by molar-refractivity contribution is 0.251. The molecule has 1 aromatic heterocycles. The number of amides is 2. The van der Waals surface area contributed by atoms with Gasteiger partial charge in [-0.2, -0.15) is 5.10 Å². The number of nitrogens with two attached hydrogens (primary N) is 1. The maximum Gasteiger partial charge on any atom is 0.319 e. The number of aromatic nitrogens is 2. The number of methoxy groups -OCH3 is 1. The highest BCUT2D eigenvalue weighted by atomic mass is 35.5. The summed E-state index contributed by atoms with van der Waals surface area (Å²) in [4.78, 5) is 14.6. The number of halogens is 1. The Morgan fingerprint density at radius 2 is 1.90 bits per heavy atom. The van der Waals surface area contributed by atoms with Crippen LogP contribution in [-0.4, -0.2) is 55.0 Å². The van der Waals surface area contributed by atoms with Gasteiger partial charge in [0, 0.05) is 12.1 Å². The van der Waals surface area contributed by atoms with E-state index >= 15 is 0 Å². The summed E-state index contributed by atoms with van der Waals surface area (Å²) in [6.07, 6.45) is 0.833. The molecule has 4 N–H and O–H groups in total. The quantitative estimate of drug-likeness (QED) is 0.460. The summed E-state index contributed by atoms with van der Waals surface area (Å²) in [7, 11) is 5.59. The van der Waals surface area contributed by atoms with Crippen molar-refractivity contribution in [3.63, 3.8) is 0 Å². The molecule has 8 nitrogen and oxygen atoms in total. The maximum absolute atomic E-state index is 12.5. The molecule has 164 valence electrons. The summed E-state index contributed by atoms with van der Waals surface area (Å²) in [6, 6.07) is 14.3. The number of hydrogen-bond acceptors (Lipinski definition) is 5. The minimum atomic E-state index is -0.348. The van der Waals surface area contributed by atoms with Crippen LogP contribution in [0, 0.1) is 0 Å². The zero-order valence-corrected chi connectivity index (χ0v) is 18.6. The molecule has 31 heavy (non-hydrogen) atoms. The fourth-order valence-electron chi connectivity index (χ4n) is 3.07. The summed E-state index contributed by atoms with van der Waals surface area (Å²) < 4.78 is 6.77. The Kier molecular flexibility index (Phi) is 7.38. The van der Waals surface area contributed by atoms with Gasteiger partial charge in [-0.25, -0.2) is 9.48 Å². The Labute approximate surface area is 186 Å². The van der Waals surface area contributed by atoms with Crippen molar-refractivity contribution in [1.82, 2.24) is 20.0 Å². The number of benzene rings is 2. The highest BCUT2D eigenvalue weighted by molar-refractivity contribution is 6.32. The number of hydrogen-bond donors (Lipinski definition) is 3. The molecule has 0 saturated heterocycles. The normalized spacial score (nSPS) is 10.9. The van der Waals surface area contributed by atoms with Crippen LogP contribution in [0.5, 0.6) is 5.75 Å². The number of para-hydroxylation sites is 1. The minimum Gasteiger partial charge on any atom is -0.497 e. The molecule has 0 bridgehead atoms. The van der Waals surface area contributed by atoms with Crippen LogP contribution < -0.4 is 21.1 Å². The molecule has 2 amide bonds. The van der Waals surface area contributed by atoms with E-state index in [1.54, 1.807) is 13.2 Å². The zero-order chi connectivity index (χ0) is 22.4. The molecule has 2 aromatic carbocycles. The molecule has 3 rings (SSSR count). The maximum atomic E-state index is 12.5. The molecule has 0 fully saturated rings. The van der Waals surface area contributed by atoms with Gasteiger partial charge in [0.1, 0.15) is 17.1 Å². The van der Waals surface area contributed by atoms with Gasteiger partial charge in [0.05, 0.1) is 17.8 Å². The second-order valence-corrected chi connectivity index (χ2v) is 7.65. The van der Waals surface area contributed by atoms with Crippen molar-refractivity contribution in [3.8, 4) is 22.7 Å². The zero-order valence-electron chi connectivity index (χ0n) is 17.9. The van der Waals surface area contributed by atoms with E-state index in [4.69, 9.17) is 22.1 Å². The van der Waals surface area contributed by atoms with Crippen LogP contribution in [-0.2, 0) is 0 Å². The third kappa shape index (κ3) is 5.48. The molecule has 0 atom stereocenters. The summed E-state index contributed by atoms with van der Waals surface area (Å²) in [5.74, 6) is 0.998. The molecule has 0 aliphatic carbocycles. The highest BCUT2D eigenvalue weighted by Crippen LogP contribution is 2.36. The summed E-state index contributed by atoms with van der Waals surface area (Å²) in [6.45, 7) is 1.42. The van der Waals surface area contributed by atoms with Crippen molar-refractivity contribution in [2.24, 2.45) is 0 Å². The van der Waals surface area contributed by atoms with Gasteiger partial charge in [0.2, 0.25) is 0 Å². The predicted molar refractivity (Wildman–Crippen MR) is 125 cm³/mol. The average molecular weight is 443 g/mol. The van der Waals surface area contributed by atoms with E-state index in [1.807, 2.05) is 56.6 Å². The number of carbonyl (C=O) groups is 1. The number of nitrogen functional groups attached to an aromatic ring is 1. The van der Waals surface area contributed by atoms with E-state index in [1.165, 1.54) is 4.68 Å². The van der Waals surface area contributed by atoms with Gasteiger partial charge in [-0.3, -0.25) is 0 Å². The first kappa shape index (κ1) is 22.5. The van der Waals surface area contributed by atoms with Crippen molar-refractivity contribution >= 4 is 29.1 Å². The van der Waals surface area contributed by atoms with E-state index in [0.29, 0.717) is 28.6 Å². The fraction of sp³-hybridized carbons (Fsp3) is 0.273. The van der Waals surface area contributed by atoms with Crippen molar-refractivity contribution in [2.75, 3.05) is 45.3 Å². The molecule has 0 spiro atoms. The number of rotatable bonds is 8. The molecule has 0 unspecified atom stereocenters. The van der Waals surface area contributed by atoms with Gasteiger partial charge in [-0.1, -0.05) is 23.7 Å². The monoisotopic (exact) mass is 442 g/mol. The first-order valence-electron chi connectivity index (χ1n) is 9.88. The first-order chi connectivity index (χ1) is 14.9. The van der Waals surface area contributed by atoms with Crippen molar-refractivity contribution in [2.45, 2.75) is 6.42 Å². The molecular weight excluding hydrogens is 416 g/mol. The standard InChI is InChI=1S/C22H27ClN6O2/c1-28(2)14-6-13-25-22(30)26-20-19(15-9-11-16(31-3)12-10-15)27-29(21(20)24)18-8-5-4-7-17(18)23/h4-5,7-12H,6,13-14,24H2,1-3H3,(H2,25,26,30). The fourth-order valence-corrected chi connectivity index (χ4v) is 3.28. The van der Waals surface area contributed by atoms with E-state index < -0.39 is 0 Å². The molecular formula is C22H27ClN6O2. The lowest BCUT2D eigenvalue weighted by Gasteiger charge is -2.11. The highest BCUT2D eigenvalue weighted by Gasteiger charge is 2.21. The van der Waals surface area contributed by atoms with Gasteiger partial charge >= 0.3 is 6.03 Å². The summed E-state index contributed by atoms with van der Waals surface area (Å²) in [5.41, 5.74) is 8.75. The number of ether oxygens (including phenoxy) is 1. The van der Waals surface area contributed by atoms with Crippen LogP contribution in [0.1, 0.15) is 6.42 Å². The van der Waals surface area contributed by atoms with E-state index in [9.17, 15) is 4.79 Å². The number of nitrogens with one attached hydrogen (secondary N) is 2. The Balaban J connectivity index is 1.93. The molecule has 0 aliphatic rings. The Morgan fingerprint density at radius 3 is 2.55 bits per heavy atom. The molecule has 0 saturated carbocycles. The van der Waals surface area contributed by atoms with Gasteiger partial charge in [-0.15, -0.1) is 0 Å². The molecule has 1 heterocycles. The summed E-state index contributed by atoms with van der Waals surface area (Å²) >= 11 is 6.36. The van der Waals surface area contributed by atoms with Crippen LogP contribution >= 0.6 is 11.6 Å². The first-order valence-corrected chi connectivity index (χ1v) is 10.3. The molecule has 9 heteroatoms. The second kappa shape index (κ2) is 10.2. The Hall–Kier alpha value is -3.23. The molecule has 0 radical (unpaired) electrons. The second-order valence-electron chi connectivity index (χ2n) is 7.24. The van der Waals surface area contributed by atoms with Crippen LogP contribution in [0.25, 0.3) is 16.9 Å². The third-order valence-electron chi connectivity index (χ3n) is 4.67. The minimum absolute atomic E-state index is 0.280. The SMILES string of the molecule is COc1ccc(-c2nn(-c3ccccc3Cl)c(N)c2NC(=O)NCCCN(C)C)cc1. The third-order valence-corrected chi connectivity index (χ3v) is 4.99. The van der Waals surface area contributed by atoms with Gasteiger partial charge in [0.15, 0.2) is 5.82 Å². The lowest BCUT2D eigenvalue weighted by Crippen LogP contribution is -2.31. The van der Waals surface area contributed by atoms with Gasteiger partial charge in [0.25, 0.3) is 0 Å². The largest absolute Gasteiger partial charge is 0.497 e. The van der Waals surface area contributed by atoms with E-state index in [-0.39, 0.29) is 11.8 Å². The average Bonchev–Trinajstić information content (AvgIpc) is 3.07. The van der Waals surface area contributed by atoms with Crippen LogP contribution in [0.2, 0.25) is 5.02 Å². The smallest absolute Gasteiger partial charge is 0.319 e. The summed E-state index contributed by atoms with van der Waals surface area (Å²) in [5, 5.41) is 10.9. The topological polar surface area (TPSA) is 97.4 Å². The Bertz CT molecular complexity index is 1030. The van der Waals surface area contributed by atoms with E-state index in [0.717, 1.165) is 24.3 Å². The van der Waals surface area contributed by atoms with Crippen LogP contribution in [0.3, 0.4) is 0 Å². The molecule has 3 aromatic rings. The van der Waals surface area contributed by atoms with Gasteiger partial charge < -0.3 is 26.0 Å². The number of anilines is 2. The Morgan fingerprint density at radius 1 is 1.19 bits per heavy atom. The van der Waals surface area contributed by atoms with E-state index in [2.05, 4.69) is 20.6 Å². The van der Waals surface area contributed by atoms with Crippen molar-refractivity contribution < 1.29 is 9.53 Å². The van der Waals surface area contributed by atoms with Gasteiger partial charge in [-0.05, 0) is 63.5 Å². The van der Waals surface area contributed by atoms with Crippen LogP contribution in [0.4, 0.5) is 16.3 Å². The number of nitrogens with zero attached hydrogens (tertiary/aromatic N) is 3. The lowest BCUT2D eigenvalue weighted by atomic mass is 10.1. The number of urea groups is 1. The van der Waals surface area contributed by atoms with Crippen LogP contribution in [0.15, 0.2) is 48.5 Å². The van der Waals surface area contributed by atoms with Crippen molar-refractivity contribution in [3.05, 3.63) is 53.6 Å². The predicted octanol–water partition coefficient (Wildman–Crippen LogP) is 3.86. The van der Waals surface area contributed by atoms with Crippen molar-refractivity contribution in [1.29, 1.82) is 0 Å². The number of carbonyl (C=O) groups excluding carboxylic acids is 1. The molecule has 0 aliphatic heterocycles.